The van der Waals surface area contributed by atoms with Gasteiger partial charge in [0.15, 0.2) is 0 Å². The van der Waals surface area contributed by atoms with Crippen LogP contribution in [0.1, 0.15) is 20.8 Å². The number of thiophene rings is 1. The lowest BCUT2D eigenvalue weighted by atomic mass is 10.1. The average molecular weight is 302 g/mol. The fraction of sp³-hybridized carbons (Fsp3) is 0.250. The molecule has 5 heteroatoms. The standard InChI is InChI=1S/C16H18N2O2S/c1-11-8-14(21-10-11)16(20)17-13-6-4-12(5-7-13)9-15(19)18(2)3/h4-8,10H,9H2,1-3H3,(H,17,20). The zero-order valence-electron chi connectivity index (χ0n) is 12.3. The van der Waals surface area contributed by atoms with E-state index in [1.807, 2.05) is 42.6 Å². The molecule has 4 nitrogen and oxygen atoms in total. The average Bonchev–Trinajstić information content (AvgIpc) is 2.87. The predicted molar refractivity (Wildman–Crippen MR) is 85.8 cm³/mol. The molecule has 0 aliphatic carbocycles. The molecule has 2 rings (SSSR count). The molecule has 110 valence electrons. The van der Waals surface area contributed by atoms with E-state index in [0.29, 0.717) is 11.3 Å². The summed E-state index contributed by atoms with van der Waals surface area (Å²) in [5.74, 6) is -0.0499. The van der Waals surface area contributed by atoms with Crippen LogP contribution in [0, 0.1) is 6.92 Å². The minimum atomic E-state index is -0.106. The Morgan fingerprint density at radius 2 is 1.86 bits per heavy atom. The van der Waals surface area contributed by atoms with Gasteiger partial charge in [-0.25, -0.2) is 0 Å². The minimum absolute atomic E-state index is 0.0563. The maximum atomic E-state index is 12.0. The molecule has 0 saturated carbocycles. The second kappa shape index (κ2) is 6.54. The summed E-state index contributed by atoms with van der Waals surface area (Å²) in [5, 5.41) is 4.80. The minimum Gasteiger partial charge on any atom is -0.349 e. The van der Waals surface area contributed by atoms with Crippen LogP contribution >= 0.6 is 11.3 Å². The van der Waals surface area contributed by atoms with Crippen LogP contribution in [0.25, 0.3) is 0 Å². The molecular formula is C16H18N2O2S. The van der Waals surface area contributed by atoms with E-state index in [2.05, 4.69) is 5.32 Å². The number of hydrogen-bond acceptors (Lipinski definition) is 3. The predicted octanol–water partition coefficient (Wildman–Crippen LogP) is 2.94. The Morgan fingerprint density at radius 1 is 1.19 bits per heavy atom. The van der Waals surface area contributed by atoms with E-state index in [9.17, 15) is 9.59 Å². The molecule has 0 bridgehead atoms. The normalized spacial score (nSPS) is 10.2. The van der Waals surface area contributed by atoms with Gasteiger partial charge in [0.1, 0.15) is 0 Å². The third-order valence-corrected chi connectivity index (χ3v) is 4.07. The van der Waals surface area contributed by atoms with E-state index in [1.54, 1.807) is 19.0 Å². The first-order chi connectivity index (χ1) is 9.95. The monoisotopic (exact) mass is 302 g/mol. The van der Waals surface area contributed by atoms with Crippen molar-refractivity contribution in [2.45, 2.75) is 13.3 Å². The Hall–Kier alpha value is -2.14. The molecule has 0 fully saturated rings. The molecule has 1 aromatic heterocycles. The van der Waals surface area contributed by atoms with Crippen LogP contribution in [0.4, 0.5) is 5.69 Å². The summed E-state index contributed by atoms with van der Waals surface area (Å²) in [4.78, 5) is 25.9. The van der Waals surface area contributed by atoms with E-state index in [4.69, 9.17) is 0 Å². The van der Waals surface area contributed by atoms with Gasteiger partial charge in [0.25, 0.3) is 5.91 Å². The van der Waals surface area contributed by atoms with Gasteiger partial charge >= 0.3 is 0 Å². The van der Waals surface area contributed by atoms with Crippen molar-refractivity contribution in [1.82, 2.24) is 4.90 Å². The lowest BCUT2D eigenvalue weighted by molar-refractivity contribution is -0.127. The number of benzene rings is 1. The number of carbonyl (C=O) groups excluding carboxylic acids is 2. The zero-order valence-corrected chi connectivity index (χ0v) is 13.2. The first-order valence-corrected chi connectivity index (χ1v) is 7.49. The highest BCUT2D eigenvalue weighted by Gasteiger charge is 2.09. The van der Waals surface area contributed by atoms with Gasteiger partial charge in [0.05, 0.1) is 11.3 Å². The highest BCUT2D eigenvalue weighted by molar-refractivity contribution is 7.12. The fourth-order valence-electron chi connectivity index (χ4n) is 1.78. The summed E-state index contributed by atoms with van der Waals surface area (Å²) in [7, 11) is 3.47. The number of nitrogens with zero attached hydrogens (tertiary/aromatic N) is 1. The van der Waals surface area contributed by atoms with E-state index in [0.717, 1.165) is 16.8 Å². The highest BCUT2D eigenvalue weighted by atomic mass is 32.1. The Kier molecular flexibility index (Phi) is 4.75. The third kappa shape index (κ3) is 4.16. The number of anilines is 1. The van der Waals surface area contributed by atoms with Gasteiger partial charge in [-0.05, 0) is 41.6 Å². The molecule has 0 aliphatic rings. The van der Waals surface area contributed by atoms with Crippen LogP contribution in [-0.2, 0) is 11.2 Å². The molecule has 0 atom stereocenters. The number of likely N-dealkylation sites (N-methyl/N-ethyl adjacent to an activating group) is 1. The molecule has 21 heavy (non-hydrogen) atoms. The number of aryl methyl sites for hydroxylation is 1. The van der Waals surface area contributed by atoms with E-state index in [1.165, 1.54) is 11.3 Å². The van der Waals surface area contributed by atoms with Gasteiger partial charge in [-0.3, -0.25) is 9.59 Å². The van der Waals surface area contributed by atoms with E-state index < -0.39 is 0 Å². The van der Waals surface area contributed by atoms with E-state index >= 15 is 0 Å². The Balaban J connectivity index is 1.99. The second-order valence-electron chi connectivity index (χ2n) is 5.10. The molecule has 2 aromatic rings. The quantitative estimate of drug-likeness (QED) is 0.944. The van der Waals surface area contributed by atoms with Gasteiger partial charge in [0.2, 0.25) is 5.91 Å². The van der Waals surface area contributed by atoms with Gasteiger partial charge in [-0.15, -0.1) is 11.3 Å². The molecule has 1 aromatic carbocycles. The second-order valence-corrected chi connectivity index (χ2v) is 6.02. The number of hydrogen-bond donors (Lipinski definition) is 1. The summed E-state index contributed by atoms with van der Waals surface area (Å²) in [6.07, 6.45) is 0.366. The van der Waals surface area contributed by atoms with Crippen molar-refractivity contribution < 1.29 is 9.59 Å². The van der Waals surface area contributed by atoms with Gasteiger partial charge < -0.3 is 10.2 Å². The molecule has 0 radical (unpaired) electrons. The van der Waals surface area contributed by atoms with Gasteiger partial charge in [-0.2, -0.15) is 0 Å². The van der Waals surface area contributed by atoms with Crippen molar-refractivity contribution in [3.63, 3.8) is 0 Å². The van der Waals surface area contributed by atoms with Crippen molar-refractivity contribution in [3.8, 4) is 0 Å². The van der Waals surface area contributed by atoms with Crippen molar-refractivity contribution in [2.75, 3.05) is 19.4 Å². The van der Waals surface area contributed by atoms with Crippen molar-refractivity contribution >= 4 is 28.8 Å². The molecule has 0 spiro atoms. The molecule has 2 amide bonds. The Morgan fingerprint density at radius 3 is 2.38 bits per heavy atom. The molecule has 0 unspecified atom stereocenters. The number of rotatable bonds is 4. The van der Waals surface area contributed by atoms with Crippen molar-refractivity contribution in [2.24, 2.45) is 0 Å². The Bertz CT molecular complexity index is 645. The van der Waals surface area contributed by atoms with Crippen LogP contribution < -0.4 is 5.32 Å². The maximum absolute atomic E-state index is 12.0. The molecule has 1 heterocycles. The first-order valence-electron chi connectivity index (χ1n) is 6.61. The smallest absolute Gasteiger partial charge is 0.265 e. The number of carbonyl (C=O) groups is 2. The van der Waals surface area contributed by atoms with Gasteiger partial charge in [0, 0.05) is 19.8 Å². The van der Waals surface area contributed by atoms with Gasteiger partial charge in [-0.1, -0.05) is 12.1 Å². The maximum Gasteiger partial charge on any atom is 0.265 e. The van der Waals surface area contributed by atoms with Crippen LogP contribution in [0.5, 0.6) is 0 Å². The summed E-state index contributed by atoms with van der Waals surface area (Å²) in [5.41, 5.74) is 2.74. The number of amides is 2. The summed E-state index contributed by atoms with van der Waals surface area (Å²) in [6, 6.07) is 9.21. The highest BCUT2D eigenvalue weighted by Crippen LogP contribution is 2.17. The Labute approximate surface area is 128 Å². The van der Waals surface area contributed by atoms with Crippen LogP contribution in [0.15, 0.2) is 35.7 Å². The summed E-state index contributed by atoms with van der Waals surface area (Å²) in [6.45, 7) is 1.96. The molecule has 1 N–H and O–H groups in total. The number of nitrogens with one attached hydrogen (secondary N) is 1. The molecule has 0 aliphatic heterocycles. The van der Waals surface area contributed by atoms with Crippen LogP contribution in [-0.4, -0.2) is 30.8 Å². The molecular weight excluding hydrogens is 284 g/mol. The van der Waals surface area contributed by atoms with E-state index in [-0.39, 0.29) is 11.8 Å². The first kappa shape index (κ1) is 15.3. The van der Waals surface area contributed by atoms with Crippen molar-refractivity contribution in [3.05, 3.63) is 51.7 Å². The largest absolute Gasteiger partial charge is 0.349 e. The fourth-order valence-corrected chi connectivity index (χ4v) is 2.57. The summed E-state index contributed by atoms with van der Waals surface area (Å²) < 4.78 is 0. The van der Waals surface area contributed by atoms with Crippen LogP contribution in [0.3, 0.4) is 0 Å². The third-order valence-electron chi connectivity index (χ3n) is 3.02. The lowest BCUT2D eigenvalue weighted by Crippen LogP contribution is -2.23. The topological polar surface area (TPSA) is 49.4 Å². The zero-order chi connectivity index (χ0) is 15.4. The SMILES string of the molecule is Cc1csc(C(=O)Nc2ccc(CC(=O)N(C)C)cc2)c1. The lowest BCUT2D eigenvalue weighted by Gasteiger charge is -2.10. The molecule has 0 saturated heterocycles. The van der Waals surface area contributed by atoms with Crippen molar-refractivity contribution in [1.29, 1.82) is 0 Å². The van der Waals surface area contributed by atoms with Crippen LogP contribution in [0.2, 0.25) is 0 Å². The summed E-state index contributed by atoms with van der Waals surface area (Å²) >= 11 is 1.43.